The number of hydrogen-bond donors (Lipinski definition) is 1. The Morgan fingerprint density at radius 2 is 2.40 bits per heavy atom. The molecule has 0 bridgehead atoms. The van der Waals surface area contributed by atoms with Crippen LogP contribution in [0.1, 0.15) is 0 Å². The van der Waals surface area contributed by atoms with Crippen LogP contribution in [0.2, 0.25) is 5.02 Å². The Bertz CT molecular complexity index is 298. The van der Waals surface area contributed by atoms with Crippen LogP contribution in [-0.2, 0) is 0 Å². The average Bonchev–Trinajstić information content (AvgIpc) is 2.33. The van der Waals surface area contributed by atoms with Gasteiger partial charge in [0.25, 0.3) is 0 Å². The molecule has 0 unspecified atom stereocenters. The van der Waals surface area contributed by atoms with Gasteiger partial charge < -0.3 is 0 Å². The van der Waals surface area contributed by atoms with Gasteiger partial charge in [-0.25, -0.2) is 0 Å². The summed E-state index contributed by atoms with van der Waals surface area (Å²) in [6.07, 6.45) is 0. The van der Waals surface area contributed by atoms with Gasteiger partial charge >= 0.3 is 0 Å². The van der Waals surface area contributed by atoms with Crippen molar-refractivity contribution >= 4 is 38.3 Å². The second kappa shape index (κ2) is 2.47. The van der Waals surface area contributed by atoms with E-state index >= 15 is 0 Å². The SMILES string of the molecule is Clc1ccc2c(c1)NN=I2. The molecule has 1 N–H and O–H groups in total. The van der Waals surface area contributed by atoms with Crippen molar-refractivity contribution in [2.45, 2.75) is 0 Å². The van der Waals surface area contributed by atoms with Crippen molar-refractivity contribution in [2.75, 3.05) is 5.43 Å². The third-order valence-corrected chi connectivity index (χ3v) is 3.40. The second-order valence-electron chi connectivity index (χ2n) is 1.91. The fourth-order valence-electron chi connectivity index (χ4n) is 0.769. The molecule has 0 atom stereocenters. The van der Waals surface area contributed by atoms with Crippen molar-refractivity contribution in [3.05, 3.63) is 26.8 Å². The van der Waals surface area contributed by atoms with Gasteiger partial charge in [-0.3, -0.25) is 5.43 Å². The molecule has 0 aliphatic carbocycles. The Kier molecular flexibility index (Phi) is 1.61. The van der Waals surface area contributed by atoms with Crippen molar-refractivity contribution in [1.29, 1.82) is 0 Å². The van der Waals surface area contributed by atoms with Crippen LogP contribution in [-0.4, -0.2) is 0 Å². The number of halogens is 2. The van der Waals surface area contributed by atoms with E-state index in [9.17, 15) is 0 Å². The van der Waals surface area contributed by atoms with E-state index in [1.165, 1.54) is 3.57 Å². The summed E-state index contributed by atoms with van der Waals surface area (Å²) >= 11 is 5.62. The topological polar surface area (TPSA) is 24.4 Å². The van der Waals surface area contributed by atoms with E-state index in [0.29, 0.717) is 0 Å². The number of benzene rings is 1. The zero-order valence-corrected chi connectivity index (χ0v) is 7.85. The molecule has 0 saturated carbocycles. The smallest absolute Gasteiger partial charge is 0.0725 e. The number of hydrogen-bond acceptors (Lipinski definition) is 2. The molecule has 1 aliphatic heterocycles. The van der Waals surface area contributed by atoms with Crippen molar-refractivity contribution in [3.8, 4) is 0 Å². The van der Waals surface area contributed by atoms with Gasteiger partial charge in [-0.15, -0.1) is 3.25 Å². The first-order valence-corrected chi connectivity index (χ1v) is 5.18. The van der Waals surface area contributed by atoms with Gasteiger partial charge in [0.2, 0.25) is 0 Å². The summed E-state index contributed by atoms with van der Waals surface area (Å²) in [5.74, 6) is 0. The number of anilines is 1. The molecule has 2 rings (SSSR count). The fourth-order valence-corrected chi connectivity index (χ4v) is 2.46. The van der Waals surface area contributed by atoms with Gasteiger partial charge in [0.15, 0.2) is 0 Å². The van der Waals surface area contributed by atoms with Gasteiger partial charge in [-0.05, 0) is 18.2 Å². The highest BCUT2D eigenvalue weighted by Gasteiger charge is 2.05. The number of nitrogens with zero attached hydrogens (tertiary/aromatic N) is 1. The van der Waals surface area contributed by atoms with E-state index in [1.54, 1.807) is 0 Å². The lowest BCUT2D eigenvalue weighted by atomic mass is 10.3. The van der Waals surface area contributed by atoms with Crippen LogP contribution in [0, 0.1) is 3.57 Å². The van der Waals surface area contributed by atoms with Crippen LogP contribution in [0.5, 0.6) is 0 Å². The molecule has 0 spiro atoms. The predicted molar refractivity (Wildman–Crippen MR) is 50.2 cm³/mol. The maximum atomic E-state index is 5.75. The Morgan fingerprint density at radius 1 is 1.50 bits per heavy atom. The Labute approximate surface area is 73.7 Å². The second-order valence-corrected chi connectivity index (χ2v) is 4.47. The fraction of sp³-hybridized carbons (Fsp3) is 0. The number of nitrogens with one attached hydrogen (secondary N) is 1. The van der Waals surface area contributed by atoms with E-state index in [2.05, 4.69) is 8.68 Å². The molecule has 10 heavy (non-hydrogen) atoms. The summed E-state index contributed by atoms with van der Waals surface area (Å²) in [6.45, 7) is 0. The molecule has 0 amide bonds. The van der Waals surface area contributed by atoms with Crippen LogP contribution in [0.4, 0.5) is 5.69 Å². The first kappa shape index (κ1) is 6.54. The minimum absolute atomic E-state index is 0.135. The predicted octanol–water partition coefficient (Wildman–Crippen LogP) is 3.00. The monoisotopic (exact) mass is 266 g/mol. The average molecular weight is 266 g/mol. The summed E-state index contributed by atoms with van der Waals surface area (Å²) in [6, 6.07) is 5.85. The molecule has 2 nitrogen and oxygen atoms in total. The molecule has 1 aliphatic rings. The largest absolute Gasteiger partial charge is 0.272 e. The lowest BCUT2D eigenvalue weighted by molar-refractivity contribution is 1.40. The maximum Gasteiger partial charge on any atom is 0.0725 e. The zero-order chi connectivity index (χ0) is 6.97. The molecular weight excluding hydrogens is 262 g/mol. The molecular formula is C6H4ClIN2. The third-order valence-electron chi connectivity index (χ3n) is 1.22. The van der Waals surface area contributed by atoms with E-state index in [1.807, 2.05) is 18.2 Å². The first-order valence-electron chi connectivity index (χ1n) is 2.76. The van der Waals surface area contributed by atoms with Gasteiger partial charge in [0, 0.05) is 5.02 Å². The summed E-state index contributed by atoms with van der Waals surface area (Å²) in [5.41, 5.74) is 4.01. The van der Waals surface area contributed by atoms with E-state index in [-0.39, 0.29) is 21.0 Å². The standard InChI is InChI=1S/C6H4ClIN2/c7-4-1-2-5-6(3-4)9-10-8-5/h1-3,9H. The molecule has 1 aromatic carbocycles. The normalized spacial score (nSPS) is 13.7. The summed E-state index contributed by atoms with van der Waals surface area (Å²) in [4.78, 5) is 0. The molecule has 4 heteroatoms. The number of rotatable bonds is 0. The van der Waals surface area contributed by atoms with Gasteiger partial charge in [0.05, 0.1) is 30.3 Å². The Hall–Kier alpha value is -0.160. The third kappa shape index (κ3) is 1.03. The highest BCUT2D eigenvalue weighted by Crippen LogP contribution is 2.31. The zero-order valence-electron chi connectivity index (χ0n) is 4.94. The van der Waals surface area contributed by atoms with Crippen molar-refractivity contribution in [2.24, 2.45) is 3.25 Å². The van der Waals surface area contributed by atoms with Crippen molar-refractivity contribution in [1.82, 2.24) is 0 Å². The molecule has 1 aromatic rings. The lowest BCUT2D eigenvalue weighted by Crippen LogP contribution is -1.82. The van der Waals surface area contributed by atoms with Crippen LogP contribution < -0.4 is 5.43 Å². The lowest BCUT2D eigenvalue weighted by Gasteiger charge is -1.95. The number of fused-ring (bicyclic) bond motifs is 1. The minimum atomic E-state index is -0.135. The Balaban J connectivity index is 2.59. The van der Waals surface area contributed by atoms with Gasteiger partial charge in [0.1, 0.15) is 0 Å². The summed E-state index contributed by atoms with van der Waals surface area (Å²) in [7, 11) is 0. The minimum Gasteiger partial charge on any atom is -0.272 e. The van der Waals surface area contributed by atoms with Crippen LogP contribution >= 0.6 is 32.6 Å². The molecule has 0 saturated heterocycles. The van der Waals surface area contributed by atoms with E-state index in [0.717, 1.165) is 10.7 Å². The van der Waals surface area contributed by atoms with Crippen molar-refractivity contribution < 1.29 is 0 Å². The molecule has 0 aromatic heterocycles. The van der Waals surface area contributed by atoms with E-state index in [4.69, 9.17) is 11.6 Å². The van der Waals surface area contributed by atoms with Gasteiger partial charge in [-0.1, -0.05) is 11.6 Å². The highest BCUT2D eigenvalue weighted by atomic mass is 127. The van der Waals surface area contributed by atoms with Gasteiger partial charge in [-0.2, -0.15) is 0 Å². The molecule has 52 valence electrons. The molecule has 0 fully saturated rings. The molecule has 0 radical (unpaired) electrons. The summed E-state index contributed by atoms with van der Waals surface area (Å²) < 4.78 is 5.42. The summed E-state index contributed by atoms with van der Waals surface area (Å²) in [5, 5.41) is 0.771. The molecule has 1 heterocycles. The van der Waals surface area contributed by atoms with Crippen LogP contribution in [0.25, 0.3) is 0 Å². The van der Waals surface area contributed by atoms with Crippen LogP contribution in [0.3, 0.4) is 0 Å². The van der Waals surface area contributed by atoms with Crippen molar-refractivity contribution in [3.63, 3.8) is 0 Å². The van der Waals surface area contributed by atoms with Crippen LogP contribution in [0.15, 0.2) is 21.5 Å². The van der Waals surface area contributed by atoms with E-state index < -0.39 is 0 Å². The Morgan fingerprint density at radius 3 is 3.30 bits per heavy atom. The quantitative estimate of drug-likeness (QED) is 0.717. The highest BCUT2D eigenvalue weighted by molar-refractivity contribution is 14.2. The maximum absolute atomic E-state index is 5.75. The first-order chi connectivity index (χ1) is 4.86.